The number of carbonyl (C=O) groups is 4. The van der Waals surface area contributed by atoms with Gasteiger partial charge in [0.15, 0.2) is 21.0 Å². The van der Waals surface area contributed by atoms with E-state index in [1.54, 1.807) is 69.3 Å². The number of epoxide rings is 1. The lowest BCUT2D eigenvalue weighted by Gasteiger charge is -2.22. The van der Waals surface area contributed by atoms with Crippen molar-refractivity contribution in [1.29, 1.82) is 21.0 Å². The molecule has 1 aliphatic rings. The number of allylic oxidation sites excluding steroid dienone is 1. The van der Waals surface area contributed by atoms with E-state index >= 15 is 0 Å². The number of carbonyl (C=O) groups excluding carboxylic acids is 4. The summed E-state index contributed by atoms with van der Waals surface area (Å²) >= 11 is 18.4. The molecule has 2 atom stereocenters. The van der Waals surface area contributed by atoms with Crippen LogP contribution in [0.15, 0.2) is 155 Å². The van der Waals surface area contributed by atoms with Crippen molar-refractivity contribution in [2.75, 3.05) is 39.4 Å². The van der Waals surface area contributed by atoms with Gasteiger partial charge >= 0.3 is 12.4 Å². The van der Waals surface area contributed by atoms with Gasteiger partial charge in [0.2, 0.25) is 5.24 Å². The van der Waals surface area contributed by atoms with Gasteiger partial charge < -0.3 is 31.5 Å². The van der Waals surface area contributed by atoms with Gasteiger partial charge in [0.05, 0.1) is 80.3 Å². The summed E-state index contributed by atoms with van der Waals surface area (Å²) in [7, 11) is -4.21. The van der Waals surface area contributed by atoms with E-state index in [1.165, 1.54) is 30.3 Å². The molecular weight excluding hydrogens is 1310 g/mol. The first-order chi connectivity index (χ1) is 41.6. The summed E-state index contributed by atoms with van der Waals surface area (Å²) in [5.74, 6) is -3.63. The first-order valence-corrected chi connectivity index (χ1v) is 28.6. The highest BCUT2D eigenvalue weighted by molar-refractivity contribution is 7.91. The predicted octanol–water partition coefficient (Wildman–Crippen LogP) is 14.5. The zero-order valence-electron chi connectivity index (χ0n) is 48.3. The normalized spacial score (nSPS) is 13.0. The quantitative estimate of drug-likeness (QED) is 0.0109. The second-order valence-electron chi connectivity index (χ2n) is 18.8. The Morgan fingerprint density at radius 3 is 1.38 bits per heavy atom. The number of rotatable bonds is 10. The van der Waals surface area contributed by atoms with E-state index in [-0.39, 0.29) is 46.7 Å². The molecule has 7 rings (SSSR count). The maximum atomic E-state index is 13.0. The Hall–Kier alpha value is -8.83. The Morgan fingerprint density at radius 2 is 1.03 bits per heavy atom. The SMILES string of the molecule is C.C=C(C)C(=O)Cl.C=C(C)C(=O)Nc1ccc(C#N)c(C)c1.CC(O)(CS(=O)(=O)c1ccc(F)cc1)C(=O)Nc1ccc(C#N)c(C(F)(F)F)c1.Cc1cc(NC(=O)C2(C)CO2)ccc1C#N.ClCCl.Fc1ccc(S)cc1.N#Cc1ccc(N)cc1C(F)(F)F. The number of benzene rings is 6. The van der Waals surface area contributed by atoms with Crippen LogP contribution in [0.3, 0.4) is 0 Å². The van der Waals surface area contributed by atoms with E-state index < -0.39 is 78.4 Å². The van der Waals surface area contributed by atoms with Crippen LogP contribution in [0.2, 0.25) is 0 Å². The number of ether oxygens (including phenoxy) is 1. The Balaban J connectivity index is 0.00000113. The van der Waals surface area contributed by atoms with Crippen LogP contribution in [0, 0.1) is 70.8 Å². The van der Waals surface area contributed by atoms with Gasteiger partial charge in [0.1, 0.15) is 11.6 Å². The van der Waals surface area contributed by atoms with Crippen molar-refractivity contribution in [2.45, 2.75) is 82.3 Å². The van der Waals surface area contributed by atoms with Gasteiger partial charge in [-0.05, 0) is 186 Å². The lowest BCUT2D eigenvalue weighted by atomic mass is 10.1. The molecule has 2 unspecified atom stereocenters. The maximum Gasteiger partial charge on any atom is 0.417 e. The minimum Gasteiger partial charge on any atom is -0.399 e. The highest BCUT2D eigenvalue weighted by atomic mass is 35.5. The van der Waals surface area contributed by atoms with Gasteiger partial charge in [-0.2, -0.15) is 47.4 Å². The summed E-state index contributed by atoms with van der Waals surface area (Å²) in [5, 5.41) is 52.1. The lowest BCUT2D eigenvalue weighted by Crippen LogP contribution is -2.45. The molecule has 0 aliphatic carbocycles. The molecular formula is C62H59Cl3F8N8O8S2. The summed E-state index contributed by atoms with van der Waals surface area (Å²) in [6.07, 6.45) is -9.39. The van der Waals surface area contributed by atoms with Crippen LogP contribution in [-0.4, -0.2) is 65.4 Å². The Labute approximate surface area is 541 Å². The van der Waals surface area contributed by atoms with Crippen LogP contribution in [0.1, 0.15) is 79.6 Å². The molecule has 16 nitrogen and oxygen atoms in total. The number of hydrogen-bond donors (Lipinski definition) is 6. The molecule has 3 amide bonds. The summed E-state index contributed by atoms with van der Waals surface area (Å²) in [5.41, 5.74) is 3.37. The number of aryl methyl sites for hydroxylation is 2. The Morgan fingerprint density at radius 1 is 0.670 bits per heavy atom. The number of sulfone groups is 1. The monoisotopic (exact) mass is 1360 g/mol. The van der Waals surface area contributed by atoms with Crippen molar-refractivity contribution in [2.24, 2.45) is 0 Å². The number of nitriles is 4. The van der Waals surface area contributed by atoms with Crippen molar-refractivity contribution < 1.29 is 72.6 Å². The number of amides is 3. The molecule has 6 aromatic carbocycles. The third-order valence-electron chi connectivity index (χ3n) is 11.1. The van der Waals surface area contributed by atoms with Gasteiger partial charge in [0, 0.05) is 38.8 Å². The zero-order chi connectivity index (χ0) is 69.1. The molecule has 0 aromatic heterocycles. The molecule has 6 aromatic rings. The number of hydrogen-bond acceptors (Lipinski definition) is 14. The lowest BCUT2D eigenvalue weighted by molar-refractivity contribution is -0.138. The fraction of sp³-hybridized carbons (Fsp3) is 0.226. The first kappa shape index (κ1) is 82.2. The average Bonchev–Trinajstić information content (AvgIpc) is 1.83. The number of nitrogens with zero attached hydrogens (tertiary/aromatic N) is 4. The summed E-state index contributed by atoms with van der Waals surface area (Å²) < 4.78 is 130. The molecule has 1 heterocycles. The first-order valence-electron chi connectivity index (χ1n) is 25.0. The highest BCUT2D eigenvalue weighted by Crippen LogP contribution is 2.35. The molecule has 0 bridgehead atoms. The summed E-state index contributed by atoms with van der Waals surface area (Å²) in [4.78, 5) is 45.5. The standard InChI is InChI=1S/C18H14F4N2O4S.C12H12N2O2.C12H12N2O.C8H5F3N2.C6H5FS.C4H5ClO.CH2Cl2.CH4/c1-17(26,10-29(27,28)14-6-3-12(19)4-7-14)16(25)24-13-5-2-11(9-23)15(8-13)18(20,21)22;1-8-5-10(4-3-9(8)6-13)14-11(15)12(2)7-16-12;1-8(2)12(15)14-11-5-4-10(7-13)9(3)6-11;9-8(10,11)7-3-6(13)2-1-5(7)4-12;7-5-1-3-6(8)4-2-5;1-3(2)4(5)6;2-1-3;/h2-8,26H,10H2,1H3,(H,24,25);3-5H,7H2,1-2H3,(H,14,15);4-6H,1H2,2-3H3,(H,14,15);1-3H,13H2;1-4,8H;1H2,2H3;1H2;1H4. The summed E-state index contributed by atoms with van der Waals surface area (Å²) in [6.45, 7) is 16.8. The van der Waals surface area contributed by atoms with E-state index in [4.69, 9.17) is 66.3 Å². The number of nitrogens with one attached hydrogen (secondary N) is 3. The molecule has 0 radical (unpaired) electrons. The van der Waals surface area contributed by atoms with Crippen molar-refractivity contribution in [3.8, 4) is 24.3 Å². The van der Waals surface area contributed by atoms with Gasteiger partial charge in [-0.15, -0.1) is 35.8 Å². The van der Waals surface area contributed by atoms with Crippen molar-refractivity contribution in [1.82, 2.24) is 0 Å². The second kappa shape index (κ2) is 37.4. The molecule has 0 spiro atoms. The topological polar surface area (TPSA) is 292 Å². The Kier molecular flexibility index (Phi) is 33.7. The smallest absolute Gasteiger partial charge is 0.399 e. The molecule has 91 heavy (non-hydrogen) atoms. The molecule has 1 saturated heterocycles. The van der Waals surface area contributed by atoms with Gasteiger partial charge in [-0.25, -0.2) is 17.2 Å². The fourth-order valence-electron chi connectivity index (χ4n) is 6.19. The zero-order valence-corrected chi connectivity index (χ0v) is 52.2. The van der Waals surface area contributed by atoms with E-state index in [2.05, 4.69) is 48.6 Å². The van der Waals surface area contributed by atoms with Crippen LogP contribution >= 0.6 is 47.4 Å². The maximum absolute atomic E-state index is 13.0. The molecule has 0 saturated carbocycles. The van der Waals surface area contributed by atoms with Crippen LogP contribution in [0.25, 0.3) is 0 Å². The minimum atomic E-state index is -4.86. The van der Waals surface area contributed by atoms with Crippen LogP contribution in [-0.2, 0) is 46.1 Å². The number of alkyl halides is 8. The Bertz CT molecular complexity index is 3810. The molecule has 484 valence electrons. The number of thiol groups is 1. The molecule has 1 fully saturated rings. The summed E-state index contributed by atoms with van der Waals surface area (Å²) in [6, 6.07) is 32.4. The van der Waals surface area contributed by atoms with Crippen molar-refractivity contribution in [3.63, 3.8) is 0 Å². The number of nitrogens with two attached hydrogens (primary N) is 1. The van der Waals surface area contributed by atoms with Crippen LogP contribution in [0.5, 0.6) is 0 Å². The highest BCUT2D eigenvalue weighted by Gasteiger charge is 2.47. The van der Waals surface area contributed by atoms with E-state index in [1.807, 2.05) is 19.2 Å². The fourth-order valence-corrected chi connectivity index (χ4v) is 7.93. The van der Waals surface area contributed by atoms with Gasteiger partial charge in [-0.1, -0.05) is 20.6 Å². The predicted molar refractivity (Wildman–Crippen MR) is 335 cm³/mol. The van der Waals surface area contributed by atoms with Gasteiger partial charge in [-0.3, -0.25) is 19.2 Å². The molecule has 29 heteroatoms. The van der Waals surface area contributed by atoms with Crippen LogP contribution < -0.4 is 21.7 Å². The van der Waals surface area contributed by atoms with E-state index in [9.17, 15) is 67.8 Å². The third-order valence-corrected chi connectivity index (χ3v) is 13.7. The van der Waals surface area contributed by atoms with Crippen LogP contribution in [0.4, 0.5) is 57.9 Å². The number of aliphatic hydroxyl groups is 1. The minimum absolute atomic E-state index is 0. The number of anilines is 4. The van der Waals surface area contributed by atoms with E-state index in [0.29, 0.717) is 46.3 Å². The van der Waals surface area contributed by atoms with Gasteiger partial charge in [0.25, 0.3) is 17.7 Å². The average molecular weight is 1370 g/mol. The van der Waals surface area contributed by atoms with E-state index in [0.717, 1.165) is 71.5 Å². The second-order valence-corrected chi connectivity index (χ2v) is 22.5. The number of halogens is 11. The van der Waals surface area contributed by atoms with Crippen molar-refractivity contribution >= 4 is 103 Å². The van der Waals surface area contributed by atoms with Crippen molar-refractivity contribution in [3.05, 3.63) is 202 Å². The molecule has 1 aliphatic heterocycles. The number of nitrogen functional groups attached to an aromatic ring is 1. The largest absolute Gasteiger partial charge is 0.417 e. The molecule has 6 N–H and O–H groups in total. The third kappa shape index (κ3) is 29.1.